The van der Waals surface area contributed by atoms with Crippen molar-refractivity contribution in [1.82, 2.24) is 0 Å². The van der Waals surface area contributed by atoms with Crippen molar-refractivity contribution < 1.29 is 31.8 Å². The number of hydrogen-bond acceptors (Lipinski definition) is 4. The maximum absolute atomic E-state index is 10.0. The monoisotopic (exact) mass is 191 g/mol. The molecule has 11 heavy (non-hydrogen) atoms. The predicted octanol–water partition coefficient (Wildman–Crippen LogP) is 0.898. The SMILES string of the molecule is O=Cc1ccc(C=NO)o1.[Cr]. The molecule has 0 spiro atoms. The van der Waals surface area contributed by atoms with Crippen molar-refractivity contribution in [3.8, 4) is 0 Å². The van der Waals surface area contributed by atoms with Gasteiger partial charge in [-0.3, -0.25) is 4.79 Å². The predicted molar refractivity (Wildman–Crippen MR) is 33.5 cm³/mol. The van der Waals surface area contributed by atoms with Gasteiger partial charge in [0, 0.05) is 17.4 Å². The fraction of sp³-hybridized carbons (Fsp3) is 0. The second-order valence-electron chi connectivity index (χ2n) is 1.60. The van der Waals surface area contributed by atoms with Crippen molar-refractivity contribution in [3.05, 3.63) is 23.7 Å². The third-order valence-electron chi connectivity index (χ3n) is 0.949. The topological polar surface area (TPSA) is 62.8 Å². The Balaban J connectivity index is 0.000001000. The van der Waals surface area contributed by atoms with Crippen LogP contribution >= 0.6 is 0 Å². The van der Waals surface area contributed by atoms with Crippen molar-refractivity contribution in [2.24, 2.45) is 5.16 Å². The summed E-state index contributed by atoms with van der Waals surface area (Å²) < 4.78 is 4.80. The van der Waals surface area contributed by atoms with Gasteiger partial charge in [-0.2, -0.15) is 0 Å². The van der Waals surface area contributed by atoms with Crippen molar-refractivity contribution >= 4 is 12.5 Å². The Labute approximate surface area is 73.6 Å². The maximum Gasteiger partial charge on any atom is 0.185 e. The molecular formula is C6H5CrNO3. The molecule has 0 saturated carbocycles. The van der Waals surface area contributed by atoms with E-state index in [9.17, 15) is 4.79 Å². The minimum atomic E-state index is 0. The molecule has 0 bridgehead atoms. The zero-order valence-corrected chi connectivity index (χ0v) is 6.70. The first-order chi connectivity index (χ1) is 4.86. The summed E-state index contributed by atoms with van der Waals surface area (Å²) in [5.74, 6) is 0.569. The van der Waals surface area contributed by atoms with E-state index < -0.39 is 0 Å². The van der Waals surface area contributed by atoms with Crippen LogP contribution in [0.2, 0.25) is 0 Å². The van der Waals surface area contributed by atoms with Crippen LogP contribution < -0.4 is 0 Å². The second-order valence-corrected chi connectivity index (χ2v) is 1.60. The van der Waals surface area contributed by atoms with E-state index in [1.165, 1.54) is 12.1 Å². The average molecular weight is 191 g/mol. The molecule has 0 aliphatic rings. The van der Waals surface area contributed by atoms with Gasteiger partial charge >= 0.3 is 0 Å². The summed E-state index contributed by atoms with van der Waals surface area (Å²) in [5, 5.41) is 10.7. The minimum absolute atomic E-state index is 0. The molecule has 4 nitrogen and oxygen atoms in total. The largest absolute Gasteiger partial charge is 0.452 e. The maximum atomic E-state index is 10.0. The Kier molecular flexibility index (Phi) is 4.27. The molecule has 1 aromatic heterocycles. The number of aldehydes is 1. The van der Waals surface area contributed by atoms with Crippen LogP contribution in [0.3, 0.4) is 0 Å². The Morgan fingerprint density at radius 2 is 2.09 bits per heavy atom. The normalized spacial score (nSPS) is 9.45. The number of furan rings is 1. The molecule has 0 amide bonds. The van der Waals surface area contributed by atoms with E-state index >= 15 is 0 Å². The van der Waals surface area contributed by atoms with Crippen LogP contribution in [0.15, 0.2) is 21.7 Å². The van der Waals surface area contributed by atoms with Gasteiger partial charge in [0.05, 0.1) is 0 Å². The van der Waals surface area contributed by atoms with Crippen molar-refractivity contribution in [2.75, 3.05) is 0 Å². The van der Waals surface area contributed by atoms with Gasteiger partial charge in [0.2, 0.25) is 0 Å². The van der Waals surface area contributed by atoms with Crippen LogP contribution in [0, 0.1) is 0 Å². The van der Waals surface area contributed by atoms with Crippen LogP contribution in [-0.2, 0) is 17.4 Å². The summed E-state index contributed by atoms with van der Waals surface area (Å²) in [5.41, 5.74) is 0. The molecule has 58 valence electrons. The van der Waals surface area contributed by atoms with E-state index in [4.69, 9.17) is 9.62 Å². The van der Waals surface area contributed by atoms with E-state index in [1.54, 1.807) is 0 Å². The third kappa shape index (κ3) is 2.58. The third-order valence-corrected chi connectivity index (χ3v) is 0.949. The molecule has 0 radical (unpaired) electrons. The Morgan fingerprint density at radius 1 is 1.45 bits per heavy atom. The Morgan fingerprint density at radius 3 is 2.55 bits per heavy atom. The van der Waals surface area contributed by atoms with E-state index in [2.05, 4.69) is 5.16 Å². The van der Waals surface area contributed by atoms with E-state index in [-0.39, 0.29) is 23.1 Å². The molecule has 0 atom stereocenters. The molecule has 1 N–H and O–H groups in total. The molecular weight excluding hydrogens is 186 g/mol. The van der Waals surface area contributed by atoms with Crippen LogP contribution in [0.1, 0.15) is 16.3 Å². The first-order valence-corrected chi connectivity index (χ1v) is 2.59. The van der Waals surface area contributed by atoms with E-state index in [0.717, 1.165) is 6.21 Å². The summed E-state index contributed by atoms with van der Waals surface area (Å²) in [6.07, 6.45) is 1.68. The van der Waals surface area contributed by atoms with Crippen LogP contribution in [0.5, 0.6) is 0 Å². The van der Waals surface area contributed by atoms with Gasteiger partial charge in [0.15, 0.2) is 12.0 Å². The molecule has 0 fully saturated rings. The summed E-state index contributed by atoms with van der Waals surface area (Å²) in [6.45, 7) is 0. The number of carbonyl (C=O) groups is 1. The zero-order valence-electron chi connectivity index (χ0n) is 5.43. The zero-order chi connectivity index (χ0) is 7.40. The number of nitrogens with zero attached hydrogens (tertiary/aromatic N) is 1. The van der Waals surface area contributed by atoms with Crippen molar-refractivity contribution in [1.29, 1.82) is 0 Å². The number of rotatable bonds is 2. The smallest absolute Gasteiger partial charge is 0.185 e. The molecule has 1 aromatic rings. The molecule has 0 saturated heterocycles. The average Bonchev–Trinajstić information content (AvgIpc) is 2.37. The standard InChI is InChI=1S/C6H5NO3.Cr/c8-4-6-2-1-5(10-6)3-7-9;/h1-4,9H;. The van der Waals surface area contributed by atoms with Gasteiger partial charge in [0.1, 0.15) is 12.0 Å². The van der Waals surface area contributed by atoms with Gasteiger partial charge in [0.25, 0.3) is 0 Å². The fourth-order valence-electron chi connectivity index (χ4n) is 0.558. The van der Waals surface area contributed by atoms with Gasteiger partial charge < -0.3 is 9.62 Å². The van der Waals surface area contributed by atoms with Gasteiger partial charge in [-0.15, -0.1) is 0 Å². The fourth-order valence-corrected chi connectivity index (χ4v) is 0.558. The quantitative estimate of drug-likeness (QED) is 0.327. The molecule has 1 heterocycles. The molecule has 0 aromatic carbocycles. The summed E-state index contributed by atoms with van der Waals surface area (Å²) >= 11 is 0. The molecule has 0 unspecified atom stereocenters. The molecule has 0 aliphatic carbocycles. The molecule has 5 heteroatoms. The summed E-state index contributed by atoms with van der Waals surface area (Å²) in [7, 11) is 0. The second kappa shape index (κ2) is 4.72. The number of oxime groups is 1. The van der Waals surface area contributed by atoms with E-state index in [0.29, 0.717) is 12.0 Å². The van der Waals surface area contributed by atoms with Crippen molar-refractivity contribution in [3.63, 3.8) is 0 Å². The number of hydrogen-bond donors (Lipinski definition) is 1. The van der Waals surface area contributed by atoms with Gasteiger partial charge in [-0.1, -0.05) is 5.16 Å². The van der Waals surface area contributed by atoms with E-state index in [1.807, 2.05) is 0 Å². The van der Waals surface area contributed by atoms with Crippen LogP contribution in [0.25, 0.3) is 0 Å². The van der Waals surface area contributed by atoms with Crippen LogP contribution in [-0.4, -0.2) is 17.7 Å². The minimum Gasteiger partial charge on any atom is -0.452 e. The van der Waals surface area contributed by atoms with Gasteiger partial charge in [-0.25, -0.2) is 0 Å². The molecule has 0 aliphatic heterocycles. The Hall–Kier alpha value is -1.05. The Bertz CT molecular complexity index is 256. The molecule has 1 rings (SSSR count). The summed E-state index contributed by atoms with van der Waals surface area (Å²) in [4.78, 5) is 10.0. The first kappa shape index (κ1) is 9.95. The number of carbonyl (C=O) groups excluding carboxylic acids is 1. The first-order valence-electron chi connectivity index (χ1n) is 2.59. The van der Waals surface area contributed by atoms with Crippen LogP contribution in [0.4, 0.5) is 0 Å². The van der Waals surface area contributed by atoms with Gasteiger partial charge in [-0.05, 0) is 12.1 Å². The summed E-state index contributed by atoms with van der Waals surface area (Å²) in [6, 6.07) is 3.02. The van der Waals surface area contributed by atoms with Crippen molar-refractivity contribution in [2.45, 2.75) is 0 Å².